The molecule has 3 rings (SSSR count). The Morgan fingerprint density at radius 1 is 1.21 bits per heavy atom. The molecule has 0 fully saturated rings. The quantitative estimate of drug-likeness (QED) is 0.490. The van der Waals surface area contributed by atoms with Gasteiger partial charge in [-0.1, -0.05) is 30.0 Å². The van der Waals surface area contributed by atoms with Crippen LogP contribution in [0.4, 0.5) is 5.69 Å². The molecule has 150 valence electrons. The van der Waals surface area contributed by atoms with E-state index in [1.807, 2.05) is 31.2 Å². The number of aryl methyl sites for hydroxylation is 1. The maximum atomic E-state index is 12.4. The van der Waals surface area contributed by atoms with Crippen molar-refractivity contribution in [2.24, 2.45) is 5.73 Å². The van der Waals surface area contributed by atoms with Gasteiger partial charge in [0.25, 0.3) is 0 Å². The smallest absolute Gasteiger partial charge is 0.248 e. The number of ether oxygens (including phenoxy) is 1. The van der Waals surface area contributed by atoms with Crippen LogP contribution in [0.5, 0.6) is 5.75 Å². The zero-order valence-corrected chi connectivity index (χ0v) is 16.8. The first-order chi connectivity index (χ1) is 13.9. The molecule has 0 bridgehead atoms. The highest BCUT2D eigenvalue weighted by molar-refractivity contribution is 8.00. The van der Waals surface area contributed by atoms with Gasteiger partial charge in [0.15, 0.2) is 5.82 Å². The number of H-pyrrole nitrogens is 1. The minimum Gasteiger partial charge on any atom is -0.485 e. The molecule has 0 saturated heterocycles. The molecule has 0 aliphatic heterocycles. The van der Waals surface area contributed by atoms with Gasteiger partial charge in [-0.2, -0.15) is 0 Å². The second-order valence-electron chi connectivity index (χ2n) is 6.31. The van der Waals surface area contributed by atoms with Crippen molar-refractivity contribution < 1.29 is 14.3 Å². The Balaban J connectivity index is 1.52. The summed E-state index contributed by atoms with van der Waals surface area (Å²) < 4.78 is 5.74. The molecule has 0 saturated carbocycles. The van der Waals surface area contributed by atoms with E-state index in [9.17, 15) is 9.59 Å². The maximum Gasteiger partial charge on any atom is 0.248 e. The first kappa shape index (κ1) is 20.4. The molecule has 2 aromatic carbocycles. The summed E-state index contributed by atoms with van der Waals surface area (Å²) in [6, 6.07) is 14.1. The SMILES string of the molecule is Cc1ccccc1OCc1nc(S[C@H](C)C(=O)Nc2ccc(C(N)=O)cc2)n[nH]1. The summed E-state index contributed by atoms with van der Waals surface area (Å²) in [4.78, 5) is 27.8. The number of primary amides is 1. The monoisotopic (exact) mass is 411 g/mol. The molecule has 0 radical (unpaired) electrons. The van der Waals surface area contributed by atoms with Gasteiger partial charge >= 0.3 is 0 Å². The van der Waals surface area contributed by atoms with Gasteiger partial charge in [0.2, 0.25) is 17.0 Å². The lowest BCUT2D eigenvalue weighted by atomic mass is 10.2. The summed E-state index contributed by atoms with van der Waals surface area (Å²) in [6.45, 7) is 3.99. The Hall–Kier alpha value is -3.33. The van der Waals surface area contributed by atoms with E-state index in [0.29, 0.717) is 22.2 Å². The van der Waals surface area contributed by atoms with Crippen LogP contribution in [-0.4, -0.2) is 32.2 Å². The van der Waals surface area contributed by atoms with Crippen molar-refractivity contribution in [2.45, 2.75) is 30.9 Å². The predicted octanol–water partition coefficient (Wildman–Crippen LogP) is 2.91. The normalized spacial score (nSPS) is 11.7. The van der Waals surface area contributed by atoms with Crippen LogP contribution in [0.2, 0.25) is 0 Å². The molecule has 2 amide bonds. The minimum atomic E-state index is -0.515. The second-order valence-corrected chi connectivity index (χ2v) is 7.62. The van der Waals surface area contributed by atoms with Crippen molar-refractivity contribution >= 4 is 29.3 Å². The van der Waals surface area contributed by atoms with Gasteiger partial charge in [-0.15, -0.1) is 5.10 Å². The number of benzene rings is 2. The zero-order valence-electron chi connectivity index (χ0n) is 16.0. The van der Waals surface area contributed by atoms with Gasteiger partial charge < -0.3 is 15.8 Å². The van der Waals surface area contributed by atoms with Crippen LogP contribution in [0.3, 0.4) is 0 Å². The van der Waals surface area contributed by atoms with Gasteiger partial charge in [0.05, 0.1) is 5.25 Å². The van der Waals surface area contributed by atoms with Gasteiger partial charge in [-0.25, -0.2) is 4.98 Å². The average Bonchev–Trinajstić information content (AvgIpc) is 3.15. The van der Waals surface area contributed by atoms with Gasteiger partial charge in [-0.3, -0.25) is 14.7 Å². The summed E-state index contributed by atoms with van der Waals surface area (Å²) in [5, 5.41) is 9.77. The number of carbonyl (C=O) groups is 2. The Kier molecular flexibility index (Phi) is 6.50. The molecule has 1 aromatic heterocycles. The van der Waals surface area contributed by atoms with Crippen molar-refractivity contribution in [1.82, 2.24) is 15.2 Å². The van der Waals surface area contributed by atoms with Crippen LogP contribution in [-0.2, 0) is 11.4 Å². The number of carbonyl (C=O) groups excluding carboxylic acids is 2. The lowest BCUT2D eigenvalue weighted by Gasteiger charge is -2.10. The number of aromatic amines is 1. The number of para-hydroxylation sites is 1. The summed E-state index contributed by atoms with van der Waals surface area (Å²) in [5.74, 6) is 0.640. The molecule has 9 heteroatoms. The molecule has 1 atom stereocenters. The number of thioether (sulfide) groups is 1. The van der Waals surface area contributed by atoms with Crippen LogP contribution in [0.25, 0.3) is 0 Å². The molecule has 8 nitrogen and oxygen atoms in total. The molecular weight excluding hydrogens is 390 g/mol. The van der Waals surface area contributed by atoms with Crippen LogP contribution < -0.4 is 15.8 Å². The highest BCUT2D eigenvalue weighted by Gasteiger charge is 2.17. The summed E-state index contributed by atoms with van der Waals surface area (Å²) in [6.07, 6.45) is 0. The third-order valence-corrected chi connectivity index (χ3v) is 5.02. The van der Waals surface area contributed by atoms with E-state index < -0.39 is 11.2 Å². The third-order valence-electron chi connectivity index (χ3n) is 4.06. The molecule has 1 heterocycles. The van der Waals surface area contributed by atoms with E-state index >= 15 is 0 Å². The number of aromatic nitrogens is 3. The van der Waals surface area contributed by atoms with Crippen molar-refractivity contribution in [3.63, 3.8) is 0 Å². The Morgan fingerprint density at radius 2 is 1.93 bits per heavy atom. The topological polar surface area (TPSA) is 123 Å². The van der Waals surface area contributed by atoms with Crippen molar-refractivity contribution in [1.29, 1.82) is 0 Å². The van der Waals surface area contributed by atoms with E-state index in [1.54, 1.807) is 31.2 Å². The lowest BCUT2D eigenvalue weighted by molar-refractivity contribution is -0.115. The molecular formula is C20H21N5O3S. The van der Waals surface area contributed by atoms with Crippen molar-refractivity contribution in [3.05, 3.63) is 65.5 Å². The number of amides is 2. The van der Waals surface area contributed by atoms with Crippen LogP contribution in [0, 0.1) is 6.92 Å². The fraction of sp³-hybridized carbons (Fsp3) is 0.200. The third kappa shape index (κ3) is 5.58. The molecule has 0 aliphatic rings. The molecule has 4 N–H and O–H groups in total. The Labute approximate surface area is 172 Å². The summed E-state index contributed by atoms with van der Waals surface area (Å²) in [7, 11) is 0. The standard InChI is InChI=1S/C20H21N5O3S/c1-12-5-3-4-6-16(12)28-11-17-23-20(25-24-17)29-13(2)19(27)22-15-9-7-14(8-10-15)18(21)26/h3-10,13H,11H2,1-2H3,(H2,21,26)(H,22,27)(H,23,24,25)/t13-/m1/s1. The van der Waals surface area contributed by atoms with E-state index in [0.717, 1.165) is 11.3 Å². The number of hydrogen-bond donors (Lipinski definition) is 3. The zero-order chi connectivity index (χ0) is 20.8. The van der Waals surface area contributed by atoms with E-state index in [2.05, 4.69) is 20.5 Å². The Morgan fingerprint density at radius 3 is 2.62 bits per heavy atom. The molecule has 3 aromatic rings. The van der Waals surface area contributed by atoms with Crippen molar-refractivity contribution in [3.8, 4) is 5.75 Å². The largest absolute Gasteiger partial charge is 0.485 e. The highest BCUT2D eigenvalue weighted by Crippen LogP contribution is 2.22. The number of anilines is 1. The lowest BCUT2D eigenvalue weighted by Crippen LogP contribution is -2.22. The number of nitrogens with zero attached hydrogens (tertiary/aromatic N) is 2. The van der Waals surface area contributed by atoms with Gasteiger partial charge in [-0.05, 0) is 49.7 Å². The van der Waals surface area contributed by atoms with Gasteiger partial charge in [0.1, 0.15) is 12.4 Å². The molecule has 0 unspecified atom stereocenters. The van der Waals surface area contributed by atoms with E-state index in [-0.39, 0.29) is 12.5 Å². The second kappa shape index (κ2) is 9.24. The first-order valence-corrected chi connectivity index (χ1v) is 9.77. The molecule has 29 heavy (non-hydrogen) atoms. The predicted molar refractivity (Wildman–Crippen MR) is 111 cm³/mol. The van der Waals surface area contributed by atoms with E-state index in [1.165, 1.54) is 11.8 Å². The first-order valence-electron chi connectivity index (χ1n) is 8.89. The number of rotatable bonds is 8. The maximum absolute atomic E-state index is 12.4. The number of nitrogens with two attached hydrogens (primary N) is 1. The van der Waals surface area contributed by atoms with Crippen LogP contribution in [0.1, 0.15) is 28.7 Å². The van der Waals surface area contributed by atoms with Crippen LogP contribution in [0.15, 0.2) is 53.7 Å². The summed E-state index contributed by atoms with van der Waals surface area (Å²) in [5.41, 5.74) is 7.21. The van der Waals surface area contributed by atoms with Gasteiger partial charge in [0, 0.05) is 11.3 Å². The summed E-state index contributed by atoms with van der Waals surface area (Å²) >= 11 is 1.23. The number of hydrogen-bond acceptors (Lipinski definition) is 6. The molecule has 0 spiro atoms. The minimum absolute atomic E-state index is 0.204. The van der Waals surface area contributed by atoms with Crippen LogP contribution >= 0.6 is 11.8 Å². The molecule has 0 aliphatic carbocycles. The average molecular weight is 411 g/mol. The highest BCUT2D eigenvalue weighted by atomic mass is 32.2. The number of nitrogens with one attached hydrogen (secondary N) is 2. The van der Waals surface area contributed by atoms with Crippen molar-refractivity contribution in [2.75, 3.05) is 5.32 Å². The fourth-order valence-corrected chi connectivity index (χ4v) is 3.18. The van der Waals surface area contributed by atoms with E-state index in [4.69, 9.17) is 10.5 Å². The fourth-order valence-electron chi connectivity index (χ4n) is 2.43. The Bertz CT molecular complexity index is 1000.